The molecule has 1 fully saturated rings. The Balaban J connectivity index is 1.41. The molecule has 1 aromatic carbocycles. The normalized spacial score (nSPS) is 17.4. The van der Waals surface area contributed by atoms with E-state index < -0.39 is 0 Å². The number of aromatic nitrogens is 1. The summed E-state index contributed by atoms with van der Waals surface area (Å²) in [5.74, 6) is -0.0471. The first-order valence-corrected chi connectivity index (χ1v) is 11.3. The number of rotatable bonds is 7. The van der Waals surface area contributed by atoms with Crippen LogP contribution in [0.2, 0.25) is 0 Å². The molecule has 5 nitrogen and oxygen atoms in total. The van der Waals surface area contributed by atoms with E-state index in [9.17, 15) is 4.79 Å². The molecule has 1 aliphatic rings. The molecule has 1 saturated heterocycles. The Hall–Kier alpha value is -2.54. The maximum atomic E-state index is 12.7. The minimum atomic E-state index is -0.0471. The van der Waals surface area contributed by atoms with Crippen molar-refractivity contribution in [2.45, 2.75) is 25.6 Å². The molecule has 0 unspecified atom stereocenters. The van der Waals surface area contributed by atoms with Crippen molar-refractivity contribution in [3.8, 4) is 0 Å². The van der Waals surface area contributed by atoms with Crippen LogP contribution in [0.3, 0.4) is 0 Å². The van der Waals surface area contributed by atoms with Gasteiger partial charge in [0, 0.05) is 61.6 Å². The third-order valence-corrected chi connectivity index (χ3v) is 6.60. The van der Waals surface area contributed by atoms with Crippen molar-refractivity contribution in [2.75, 3.05) is 26.2 Å². The van der Waals surface area contributed by atoms with Crippen LogP contribution in [-0.4, -0.2) is 52.9 Å². The molecule has 30 heavy (non-hydrogen) atoms. The molecule has 3 heterocycles. The van der Waals surface area contributed by atoms with Gasteiger partial charge in [0.25, 0.3) is 5.91 Å². The lowest BCUT2D eigenvalue weighted by atomic mass is 10.0. The van der Waals surface area contributed by atoms with Gasteiger partial charge in [-0.25, -0.2) is 0 Å². The SMILES string of the molecule is C[C@H](NC(=O)c1ccncc1)[C@@H](c1cccs1)N1CCN(Cc2ccccc2)CC1. The van der Waals surface area contributed by atoms with E-state index in [1.54, 1.807) is 35.9 Å². The van der Waals surface area contributed by atoms with E-state index in [1.165, 1.54) is 10.4 Å². The summed E-state index contributed by atoms with van der Waals surface area (Å²) in [7, 11) is 0. The van der Waals surface area contributed by atoms with Gasteiger partial charge < -0.3 is 5.32 Å². The van der Waals surface area contributed by atoms with Gasteiger partial charge in [-0.1, -0.05) is 36.4 Å². The number of nitrogens with zero attached hydrogens (tertiary/aromatic N) is 3. The molecule has 1 aliphatic heterocycles. The smallest absolute Gasteiger partial charge is 0.251 e. The largest absolute Gasteiger partial charge is 0.348 e. The van der Waals surface area contributed by atoms with E-state index in [2.05, 4.69) is 74.9 Å². The second-order valence-electron chi connectivity index (χ2n) is 7.76. The molecule has 0 bridgehead atoms. The second kappa shape index (κ2) is 9.98. The molecule has 0 spiro atoms. The maximum absolute atomic E-state index is 12.7. The molecule has 1 amide bonds. The zero-order valence-corrected chi connectivity index (χ0v) is 18.1. The van der Waals surface area contributed by atoms with Crippen LogP contribution in [0, 0.1) is 0 Å². The Morgan fingerprint density at radius 2 is 1.77 bits per heavy atom. The third-order valence-electron chi connectivity index (χ3n) is 5.66. The number of carbonyl (C=O) groups is 1. The first kappa shape index (κ1) is 20.7. The number of nitrogens with one attached hydrogen (secondary N) is 1. The minimum absolute atomic E-state index is 0.00462. The van der Waals surface area contributed by atoms with Crippen molar-refractivity contribution >= 4 is 17.2 Å². The topological polar surface area (TPSA) is 48.5 Å². The third kappa shape index (κ3) is 5.14. The number of piperazine rings is 1. The fraction of sp³-hybridized carbons (Fsp3) is 0.333. The van der Waals surface area contributed by atoms with E-state index in [0.29, 0.717) is 5.56 Å². The highest BCUT2D eigenvalue weighted by Crippen LogP contribution is 2.29. The lowest BCUT2D eigenvalue weighted by molar-refractivity contribution is 0.0714. The molecule has 4 rings (SSSR count). The lowest BCUT2D eigenvalue weighted by Crippen LogP contribution is -2.52. The predicted molar refractivity (Wildman–Crippen MR) is 122 cm³/mol. The molecule has 3 aromatic rings. The quantitative estimate of drug-likeness (QED) is 0.631. The van der Waals surface area contributed by atoms with Crippen molar-refractivity contribution in [3.63, 3.8) is 0 Å². The number of hydrogen-bond donors (Lipinski definition) is 1. The summed E-state index contributed by atoms with van der Waals surface area (Å²) in [6, 6.07) is 18.6. The summed E-state index contributed by atoms with van der Waals surface area (Å²) >= 11 is 1.76. The Morgan fingerprint density at radius 3 is 2.43 bits per heavy atom. The number of thiophene rings is 1. The molecular weight excluding hydrogens is 392 g/mol. The number of pyridine rings is 1. The van der Waals surface area contributed by atoms with Gasteiger partial charge in [-0.05, 0) is 36.1 Å². The van der Waals surface area contributed by atoms with Crippen molar-refractivity contribution in [1.29, 1.82) is 0 Å². The van der Waals surface area contributed by atoms with Gasteiger partial charge in [0.15, 0.2) is 0 Å². The van der Waals surface area contributed by atoms with Gasteiger partial charge in [0.2, 0.25) is 0 Å². The molecule has 156 valence electrons. The predicted octanol–water partition coefficient (Wildman–Crippen LogP) is 3.82. The van der Waals surface area contributed by atoms with Gasteiger partial charge in [0.1, 0.15) is 0 Å². The highest BCUT2D eigenvalue weighted by atomic mass is 32.1. The molecule has 0 saturated carbocycles. The van der Waals surface area contributed by atoms with Crippen LogP contribution in [0.15, 0.2) is 72.4 Å². The Morgan fingerprint density at radius 1 is 1.03 bits per heavy atom. The fourth-order valence-corrected chi connectivity index (χ4v) is 5.08. The van der Waals surface area contributed by atoms with Gasteiger partial charge in [-0.15, -0.1) is 11.3 Å². The van der Waals surface area contributed by atoms with Gasteiger partial charge >= 0.3 is 0 Å². The van der Waals surface area contributed by atoms with Crippen LogP contribution in [-0.2, 0) is 6.54 Å². The monoisotopic (exact) mass is 420 g/mol. The summed E-state index contributed by atoms with van der Waals surface area (Å²) in [6.07, 6.45) is 3.31. The van der Waals surface area contributed by atoms with E-state index in [4.69, 9.17) is 0 Å². The van der Waals surface area contributed by atoms with Crippen LogP contribution in [0.1, 0.15) is 33.8 Å². The molecule has 2 aromatic heterocycles. The van der Waals surface area contributed by atoms with Crippen molar-refractivity contribution in [3.05, 3.63) is 88.4 Å². The average molecular weight is 421 g/mol. The molecule has 0 aliphatic carbocycles. The van der Waals surface area contributed by atoms with E-state index >= 15 is 0 Å². The Bertz CT molecular complexity index is 909. The van der Waals surface area contributed by atoms with Gasteiger partial charge in [0.05, 0.1) is 6.04 Å². The summed E-state index contributed by atoms with van der Waals surface area (Å²) in [4.78, 5) is 23.0. The highest BCUT2D eigenvalue weighted by molar-refractivity contribution is 7.10. The molecule has 2 atom stereocenters. The van der Waals surface area contributed by atoms with Gasteiger partial charge in [-0.2, -0.15) is 0 Å². The van der Waals surface area contributed by atoms with Crippen LogP contribution in [0.5, 0.6) is 0 Å². The van der Waals surface area contributed by atoms with Crippen molar-refractivity contribution in [2.24, 2.45) is 0 Å². The summed E-state index contributed by atoms with van der Waals surface area (Å²) < 4.78 is 0. The number of hydrogen-bond acceptors (Lipinski definition) is 5. The van der Waals surface area contributed by atoms with Crippen LogP contribution in [0.4, 0.5) is 0 Å². The first-order chi connectivity index (χ1) is 14.7. The maximum Gasteiger partial charge on any atom is 0.251 e. The zero-order chi connectivity index (χ0) is 20.8. The first-order valence-electron chi connectivity index (χ1n) is 10.5. The fourth-order valence-electron chi connectivity index (χ4n) is 4.12. The average Bonchev–Trinajstić information content (AvgIpc) is 3.31. The standard InChI is InChI=1S/C24H28N4OS/c1-19(26-24(29)21-9-11-25-12-10-21)23(22-8-5-17-30-22)28-15-13-27(14-16-28)18-20-6-3-2-4-7-20/h2-12,17,19,23H,13-16,18H2,1H3,(H,26,29)/t19-,23-/m0/s1. The van der Waals surface area contributed by atoms with Crippen molar-refractivity contribution < 1.29 is 4.79 Å². The zero-order valence-electron chi connectivity index (χ0n) is 17.3. The second-order valence-corrected chi connectivity index (χ2v) is 8.74. The van der Waals surface area contributed by atoms with E-state index in [-0.39, 0.29) is 18.0 Å². The minimum Gasteiger partial charge on any atom is -0.348 e. The number of carbonyl (C=O) groups excluding carboxylic acids is 1. The molecule has 0 radical (unpaired) electrons. The molecule has 1 N–H and O–H groups in total. The van der Waals surface area contributed by atoms with E-state index in [1.807, 2.05) is 0 Å². The van der Waals surface area contributed by atoms with Crippen molar-refractivity contribution in [1.82, 2.24) is 20.1 Å². The molecular formula is C24H28N4OS. The number of amides is 1. The lowest BCUT2D eigenvalue weighted by Gasteiger charge is -2.41. The molecule has 6 heteroatoms. The van der Waals surface area contributed by atoms with Gasteiger partial charge in [-0.3, -0.25) is 19.6 Å². The van der Waals surface area contributed by atoms with E-state index in [0.717, 1.165) is 32.7 Å². The summed E-state index contributed by atoms with van der Waals surface area (Å²) in [5.41, 5.74) is 2.01. The highest BCUT2D eigenvalue weighted by Gasteiger charge is 2.31. The summed E-state index contributed by atoms with van der Waals surface area (Å²) in [6.45, 7) is 7.14. The van der Waals surface area contributed by atoms with Crippen LogP contribution >= 0.6 is 11.3 Å². The Labute approximate surface area is 182 Å². The van der Waals surface area contributed by atoms with Crippen LogP contribution < -0.4 is 5.32 Å². The number of benzene rings is 1. The Kier molecular flexibility index (Phi) is 6.89. The van der Waals surface area contributed by atoms with Crippen LogP contribution in [0.25, 0.3) is 0 Å². The summed E-state index contributed by atoms with van der Waals surface area (Å²) in [5, 5.41) is 5.33.